The third-order valence-corrected chi connectivity index (χ3v) is 3.02. The number of nitrogens with one attached hydrogen (secondary N) is 1. The van der Waals surface area contributed by atoms with Crippen LogP contribution in [0.15, 0.2) is 51.6 Å². The van der Waals surface area contributed by atoms with Crippen LogP contribution >= 0.6 is 15.9 Å². The van der Waals surface area contributed by atoms with Crippen LogP contribution in [0.5, 0.6) is 0 Å². The number of ether oxygens (including phenoxy) is 1. The molecule has 0 fully saturated rings. The number of hydrogen-bond donors (Lipinski definition) is 1. The van der Waals surface area contributed by atoms with E-state index in [0.29, 0.717) is 5.69 Å². The highest BCUT2D eigenvalue weighted by Gasteiger charge is 2.20. The van der Waals surface area contributed by atoms with Gasteiger partial charge in [0.05, 0.1) is 6.26 Å². The molecular formula is C14H12BrNO4. The van der Waals surface area contributed by atoms with Crippen LogP contribution in [0.4, 0.5) is 5.69 Å². The van der Waals surface area contributed by atoms with Crippen LogP contribution in [0.2, 0.25) is 0 Å². The predicted molar refractivity (Wildman–Crippen MR) is 76.4 cm³/mol. The molecule has 0 saturated carbocycles. The lowest BCUT2D eigenvalue weighted by Crippen LogP contribution is -2.29. The maximum Gasteiger partial charge on any atom is 0.374 e. The van der Waals surface area contributed by atoms with Gasteiger partial charge in [0.15, 0.2) is 6.10 Å². The van der Waals surface area contributed by atoms with Gasteiger partial charge in [-0.2, -0.15) is 0 Å². The molecule has 0 aliphatic rings. The lowest BCUT2D eigenvalue weighted by atomic mass is 10.3. The average molecular weight is 338 g/mol. The summed E-state index contributed by atoms with van der Waals surface area (Å²) in [7, 11) is 0. The number of carbonyl (C=O) groups excluding carboxylic acids is 2. The minimum Gasteiger partial charge on any atom is -0.457 e. The maximum atomic E-state index is 11.9. The van der Waals surface area contributed by atoms with Crippen molar-refractivity contribution in [2.45, 2.75) is 13.0 Å². The first-order valence-electron chi connectivity index (χ1n) is 5.87. The Hall–Kier alpha value is -2.08. The molecule has 20 heavy (non-hydrogen) atoms. The quantitative estimate of drug-likeness (QED) is 0.869. The largest absolute Gasteiger partial charge is 0.457 e. The number of carbonyl (C=O) groups is 2. The van der Waals surface area contributed by atoms with E-state index in [9.17, 15) is 9.59 Å². The third-order valence-electron chi connectivity index (χ3n) is 2.49. The van der Waals surface area contributed by atoms with E-state index < -0.39 is 18.0 Å². The SMILES string of the molecule is C[C@H](OC(=O)c1ccco1)C(=O)Nc1ccc(Br)cc1. The molecule has 1 N–H and O–H groups in total. The van der Waals surface area contributed by atoms with E-state index in [0.717, 1.165) is 4.47 Å². The Morgan fingerprint density at radius 1 is 1.25 bits per heavy atom. The van der Waals surface area contributed by atoms with Crippen molar-refractivity contribution in [1.82, 2.24) is 0 Å². The van der Waals surface area contributed by atoms with Crippen LogP contribution in [0.25, 0.3) is 0 Å². The Balaban J connectivity index is 1.92. The lowest BCUT2D eigenvalue weighted by molar-refractivity contribution is -0.123. The monoisotopic (exact) mass is 337 g/mol. The second-order valence-corrected chi connectivity index (χ2v) is 4.94. The lowest BCUT2D eigenvalue weighted by Gasteiger charge is -2.12. The summed E-state index contributed by atoms with van der Waals surface area (Å²) in [6.45, 7) is 1.50. The van der Waals surface area contributed by atoms with Gasteiger partial charge in [0.2, 0.25) is 5.76 Å². The van der Waals surface area contributed by atoms with Gasteiger partial charge in [-0.1, -0.05) is 15.9 Å². The number of furan rings is 1. The molecule has 2 aromatic rings. The van der Waals surface area contributed by atoms with Gasteiger partial charge in [-0.05, 0) is 43.3 Å². The molecule has 0 saturated heterocycles. The fourth-order valence-electron chi connectivity index (χ4n) is 1.44. The predicted octanol–water partition coefficient (Wildman–Crippen LogP) is 3.23. The molecule has 1 atom stereocenters. The minimum atomic E-state index is -0.920. The van der Waals surface area contributed by atoms with E-state index in [1.54, 1.807) is 30.3 Å². The fourth-order valence-corrected chi connectivity index (χ4v) is 1.71. The van der Waals surface area contributed by atoms with Crippen molar-refractivity contribution in [3.63, 3.8) is 0 Å². The molecular weight excluding hydrogens is 326 g/mol. The van der Waals surface area contributed by atoms with E-state index in [1.165, 1.54) is 19.3 Å². The first-order chi connectivity index (χ1) is 9.56. The Morgan fingerprint density at radius 3 is 2.55 bits per heavy atom. The van der Waals surface area contributed by atoms with Crippen molar-refractivity contribution in [2.75, 3.05) is 5.32 Å². The first kappa shape index (κ1) is 14.3. The van der Waals surface area contributed by atoms with Crippen molar-refractivity contribution < 1.29 is 18.7 Å². The molecule has 1 heterocycles. The van der Waals surface area contributed by atoms with E-state index in [-0.39, 0.29) is 5.76 Å². The Kier molecular flexibility index (Phi) is 4.57. The number of esters is 1. The molecule has 1 aromatic heterocycles. The van der Waals surface area contributed by atoms with E-state index in [4.69, 9.17) is 9.15 Å². The summed E-state index contributed by atoms with van der Waals surface area (Å²) in [5.74, 6) is -1.02. The molecule has 1 aromatic carbocycles. The summed E-state index contributed by atoms with van der Waals surface area (Å²) in [6, 6.07) is 10.1. The van der Waals surface area contributed by atoms with Gasteiger partial charge in [-0.25, -0.2) is 4.79 Å². The summed E-state index contributed by atoms with van der Waals surface area (Å²) < 4.78 is 10.8. The molecule has 0 spiro atoms. The molecule has 2 rings (SSSR count). The molecule has 0 radical (unpaired) electrons. The van der Waals surface area contributed by atoms with Gasteiger partial charge < -0.3 is 14.5 Å². The zero-order valence-electron chi connectivity index (χ0n) is 10.6. The zero-order chi connectivity index (χ0) is 14.5. The third kappa shape index (κ3) is 3.71. The molecule has 104 valence electrons. The highest BCUT2D eigenvalue weighted by Crippen LogP contribution is 2.14. The molecule has 1 amide bonds. The van der Waals surface area contributed by atoms with Crippen molar-refractivity contribution in [3.8, 4) is 0 Å². The van der Waals surface area contributed by atoms with E-state index in [2.05, 4.69) is 21.2 Å². The number of benzene rings is 1. The van der Waals surface area contributed by atoms with E-state index in [1.807, 2.05) is 0 Å². The Morgan fingerprint density at radius 2 is 1.95 bits per heavy atom. The summed E-state index contributed by atoms with van der Waals surface area (Å²) in [5, 5.41) is 2.65. The van der Waals surface area contributed by atoms with Gasteiger partial charge in [-0.15, -0.1) is 0 Å². The summed E-state index contributed by atoms with van der Waals surface area (Å²) in [5.41, 5.74) is 0.624. The van der Waals surface area contributed by atoms with Crippen molar-refractivity contribution in [1.29, 1.82) is 0 Å². The number of anilines is 1. The Labute approximate surface area is 124 Å². The van der Waals surface area contributed by atoms with Crippen molar-refractivity contribution >= 4 is 33.5 Å². The van der Waals surface area contributed by atoms with Crippen LogP contribution in [-0.4, -0.2) is 18.0 Å². The second-order valence-electron chi connectivity index (χ2n) is 4.02. The van der Waals surface area contributed by atoms with Crippen molar-refractivity contribution in [2.24, 2.45) is 0 Å². The summed E-state index contributed by atoms with van der Waals surface area (Å²) >= 11 is 3.30. The topological polar surface area (TPSA) is 68.5 Å². The van der Waals surface area contributed by atoms with Crippen molar-refractivity contribution in [3.05, 3.63) is 52.9 Å². The van der Waals surface area contributed by atoms with Crippen LogP contribution in [0.1, 0.15) is 17.5 Å². The normalized spacial score (nSPS) is 11.7. The van der Waals surface area contributed by atoms with Crippen LogP contribution in [0.3, 0.4) is 0 Å². The zero-order valence-corrected chi connectivity index (χ0v) is 12.2. The maximum absolute atomic E-state index is 11.9. The number of rotatable bonds is 4. The summed E-state index contributed by atoms with van der Waals surface area (Å²) in [6.07, 6.45) is 0.444. The van der Waals surface area contributed by atoms with Gasteiger partial charge in [0, 0.05) is 10.2 Å². The molecule has 0 aliphatic carbocycles. The molecule has 0 bridgehead atoms. The van der Waals surface area contributed by atoms with Gasteiger partial charge >= 0.3 is 5.97 Å². The molecule has 5 nitrogen and oxygen atoms in total. The second kappa shape index (κ2) is 6.38. The van der Waals surface area contributed by atoms with Crippen LogP contribution < -0.4 is 5.32 Å². The minimum absolute atomic E-state index is 0.0632. The fraction of sp³-hybridized carbons (Fsp3) is 0.143. The summed E-state index contributed by atoms with van der Waals surface area (Å²) in [4.78, 5) is 23.5. The molecule has 6 heteroatoms. The van der Waals surface area contributed by atoms with Gasteiger partial charge in [0.25, 0.3) is 5.91 Å². The standard InChI is InChI=1S/C14H12BrNO4/c1-9(20-14(18)12-3-2-8-19-12)13(17)16-11-6-4-10(15)5-7-11/h2-9H,1H3,(H,16,17)/t9-/m0/s1. The van der Waals surface area contributed by atoms with Gasteiger partial charge in [-0.3, -0.25) is 4.79 Å². The molecule has 0 unspecified atom stereocenters. The van der Waals surface area contributed by atoms with Crippen LogP contribution in [-0.2, 0) is 9.53 Å². The smallest absolute Gasteiger partial charge is 0.374 e. The average Bonchev–Trinajstić information content (AvgIpc) is 2.95. The van der Waals surface area contributed by atoms with Crippen LogP contribution in [0, 0.1) is 0 Å². The number of hydrogen-bond acceptors (Lipinski definition) is 4. The van der Waals surface area contributed by atoms with E-state index >= 15 is 0 Å². The van der Waals surface area contributed by atoms with Gasteiger partial charge in [0.1, 0.15) is 0 Å². The highest BCUT2D eigenvalue weighted by atomic mass is 79.9. The first-order valence-corrected chi connectivity index (χ1v) is 6.66. The molecule has 0 aliphatic heterocycles. The number of amides is 1. The Bertz CT molecular complexity index is 592. The highest BCUT2D eigenvalue weighted by molar-refractivity contribution is 9.10. The number of halogens is 1.